The molecule has 0 bridgehead atoms. The summed E-state index contributed by atoms with van der Waals surface area (Å²) in [6.45, 7) is 6.97. The SMILES string of the molecule is CCOc1ccc(CCC2CCN(C(=O)C3CCN(S(=O)(=O)CC)CC3)CC2)cc1. The van der Waals surface area contributed by atoms with E-state index in [4.69, 9.17) is 4.74 Å². The number of carbonyl (C=O) groups excluding carboxylic acids is 1. The topological polar surface area (TPSA) is 66.9 Å². The van der Waals surface area contributed by atoms with Crippen LogP contribution in [0.15, 0.2) is 24.3 Å². The highest BCUT2D eigenvalue weighted by molar-refractivity contribution is 7.89. The first kappa shape index (κ1) is 23.1. The Balaban J connectivity index is 1.39. The maximum absolute atomic E-state index is 12.9. The van der Waals surface area contributed by atoms with Crippen molar-refractivity contribution in [3.05, 3.63) is 29.8 Å². The molecule has 1 aromatic rings. The van der Waals surface area contributed by atoms with Crippen LogP contribution in [0.1, 0.15) is 51.5 Å². The van der Waals surface area contributed by atoms with Crippen LogP contribution in [0.25, 0.3) is 0 Å². The molecule has 0 radical (unpaired) electrons. The van der Waals surface area contributed by atoms with Gasteiger partial charge in [0.05, 0.1) is 12.4 Å². The van der Waals surface area contributed by atoms with Gasteiger partial charge in [-0.15, -0.1) is 0 Å². The predicted molar refractivity (Wildman–Crippen MR) is 119 cm³/mol. The quantitative estimate of drug-likeness (QED) is 0.627. The van der Waals surface area contributed by atoms with Crippen LogP contribution in [0.2, 0.25) is 0 Å². The van der Waals surface area contributed by atoms with Crippen LogP contribution >= 0.6 is 0 Å². The molecule has 0 unspecified atom stereocenters. The fourth-order valence-electron chi connectivity index (χ4n) is 4.55. The van der Waals surface area contributed by atoms with Crippen molar-refractivity contribution < 1.29 is 17.9 Å². The molecule has 7 heteroatoms. The van der Waals surface area contributed by atoms with Crippen molar-refractivity contribution in [3.8, 4) is 5.75 Å². The molecule has 1 aromatic carbocycles. The van der Waals surface area contributed by atoms with E-state index < -0.39 is 10.0 Å². The largest absolute Gasteiger partial charge is 0.494 e. The molecule has 1 amide bonds. The van der Waals surface area contributed by atoms with E-state index >= 15 is 0 Å². The summed E-state index contributed by atoms with van der Waals surface area (Å²) in [5.74, 6) is 1.93. The monoisotopic (exact) mass is 436 g/mol. The number of amides is 1. The molecular formula is C23H36N2O4S. The normalized spacial score (nSPS) is 19.7. The highest BCUT2D eigenvalue weighted by Gasteiger charge is 2.33. The Bertz CT molecular complexity index is 778. The number of benzene rings is 1. The summed E-state index contributed by atoms with van der Waals surface area (Å²) in [7, 11) is -3.14. The number of ether oxygens (including phenoxy) is 1. The molecular weight excluding hydrogens is 400 g/mol. The number of carbonyl (C=O) groups is 1. The molecule has 2 saturated heterocycles. The average Bonchev–Trinajstić information content (AvgIpc) is 2.79. The molecule has 3 rings (SSSR count). The highest BCUT2D eigenvalue weighted by atomic mass is 32.2. The summed E-state index contributed by atoms with van der Waals surface area (Å²) < 4.78 is 31.0. The Morgan fingerprint density at radius 3 is 2.20 bits per heavy atom. The van der Waals surface area contributed by atoms with Gasteiger partial charge in [-0.3, -0.25) is 4.79 Å². The van der Waals surface area contributed by atoms with E-state index in [0.29, 0.717) is 38.5 Å². The lowest BCUT2D eigenvalue weighted by Gasteiger charge is -2.37. The zero-order chi connectivity index (χ0) is 21.6. The van der Waals surface area contributed by atoms with E-state index in [-0.39, 0.29) is 17.6 Å². The van der Waals surface area contributed by atoms with Gasteiger partial charge in [0.15, 0.2) is 0 Å². The second-order valence-electron chi connectivity index (χ2n) is 8.46. The standard InChI is InChI=1S/C23H36N2O4S/c1-3-29-22-9-7-19(8-10-22)5-6-20-11-15-24(16-12-20)23(26)21-13-17-25(18-14-21)30(27,28)4-2/h7-10,20-21H,3-6,11-18H2,1-2H3. The van der Waals surface area contributed by atoms with Crippen molar-refractivity contribution in [3.63, 3.8) is 0 Å². The second kappa shape index (κ2) is 10.6. The van der Waals surface area contributed by atoms with Crippen LogP contribution in [0.4, 0.5) is 0 Å². The summed E-state index contributed by atoms with van der Waals surface area (Å²) >= 11 is 0. The summed E-state index contributed by atoms with van der Waals surface area (Å²) in [5, 5.41) is 0. The first-order chi connectivity index (χ1) is 14.4. The van der Waals surface area contributed by atoms with Gasteiger partial charge in [-0.1, -0.05) is 12.1 Å². The molecule has 0 N–H and O–H groups in total. The average molecular weight is 437 g/mol. The van der Waals surface area contributed by atoms with Crippen molar-refractivity contribution in [2.75, 3.05) is 38.5 Å². The first-order valence-corrected chi connectivity index (χ1v) is 13.0. The summed E-state index contributed by atoms with van der Waals surface area (Å²) in [5.41, 5.74) is 1.34. The van der Waals surface area contributed by atoms with Crippen molar-refractivity contribution in [1.82, 2.24) is 9.21 Å². The van der Waals surface area contributed by atoms with Crippen molar-refractivity contribution in [1.29, 1.82) is 0 Å². The summed E-state index contributed by atoms with van der Waals surface area (Å²) in [6.07, 6.45) is 5.64. The molecule has 168 valence electrons. The smallest absolute Gasteiger partial charge is 0.225 e. The number of nitrogens with zero attached hydrogens (tertiary/aromatic N) is 2. The van der Waals surface area contributed by atoms with Crippen LogP contribution < -0.4 is 4.74 Å². The first-order valence-electron chi connectivity index (χ1n) is 11.4. The third-order valence-corrected chi connectivity index (χ3v) is 8.44. The molecule has 2 aliphatic rings. The predicted octanol–water partition coefficient (Wildman–Crippen LogP) is 3.32. The van der Waals surface area contributed by atoms with E-state index in [1.165, 1.54) is 5.56 Å². The molecule has 6 nitrogen and oxygen atoms in total. The van der Waals surface area contributed by atoms with Crippen molar-refractivity contribution >= 4 is 15.9 Å². The van der Waals surface area contributed by atoms with Gasteiger partial charge in [0, 0.05) is 32.1 Å². The number of piperidine rings is 2. The maximum atomic E-state index is 12.9. The van der Waals surface area contributed by atoms with Gasteiger partial charge in [-0.25, -0.2) is 12.7 Å². The molecule has 0 spiro atoms. The van der Waals surface area contributed by atoms with Gasteiger partial charge >= 0.3 is 0 Å². The molecule has 0 saturated carbocycles. The zero-order valence-corrected chi connectivity index (χ0v) is 19.2. The molecule has 0 aliphatic carbocycles. The fourth-order valence-corrected chi connectivity index (χ4v) is 5.69. The van der Waals surface area contributed by atoms with Crippen molar-refractivity contribution in [2.24, 2.45) is 11.8 Å². The minimum atomic E-state index is -3.14. The Labute approximate surface area is 181 Å². The van der Waals surface area contributed by atoms with Gasteiger partial charge in [0.2, 0.25) is 15.9 Å². The van der Waals surface area contributed by atoms with E-state index in [0.717, 1.165) is 44.5 Å². The van der Waals surface area contributed by atoms with E-state index in [1.807, 2.05) is 24.0 Å². The van der Waals surface area contributed by atoms with Crippen LogP contribution in [0.3, 0.4) is 0 Å². The van der Waals surface area contributed by atoms with Gasteiger partial charge in [0.25, 0.3) is 0 Å². The van der Waals surface area contributed by atoms with Gasteiger partial charge < -0.3 is 9.64 Å². The van der Waals surface area contributed by atoms with E-state index in [1.54, 1.807) is 11.2 Å². The Morgan fingerprint density at radius 2 is 1.63 bits per heavy atom. The molecule has 2 aliphatic heterocycles. The third-order valence-electron chi connectivity index (χ3n) is 6.56. The lowest BCUT2D eigenvalue weighted by atomic mass is 9.89. The fraction of sp³-hybridized carbons (Fsp3) is 0.696. The highest BCUT2D eigenvalue weighted by Crippen LogP contribution is 2.27. The molecule has 0 aromatic heterocycles. The number of rotatable bonds is 8. The number of sulfonamides is 1. The maximum Gasteiger partial charge on any atom is 0.225 e. The summed E-state index contributed by atoms with van der Waals surface area (Å²) in [6, 6.07) is 8.37. The van der Waals surface area contributed by atoms with Gasteiger partial charge in [-0.2, -0.15) is 0 Å². The van der Waals surface area contributed by atoms with Gasteiger partial charge in [0.1, 0.15) is 5.75 Å². The molecule has 0 atom stereocenters. The van der Waals surface area contributed by atoms with Crippen LogP contribution in [0.5, 0.6) is 5.75 Å². The third kappa shape index (κ3) is 5.97. The van der Waals surface area contributed by atoms with Crippen molar-refractivity contribution in [2.45, 2.75) is 52.4 Å². The van der Waals surface area contributed by atoms with E-state index in [2.05, 4.69) is 12.1 Å². The van der Waals surface area contributed by atoms with Gasteiger partial charge in [-0.05, 0) is 76.0 Å². The zero-order valence-electron chi connectivity index (χ0n) is 18.4. The minimum absolute atomic E-state index is 0.0197. The number of likely N-dealkylation sites (tertiary alicyclic amines) is 1. The molecule has 2 heterocycles. The second-order valence-corrected chi connectivity index (χ2v) is 10.7. The summed E-state index contributed by atoms with van der Waals surface area (Å²) in [4.78, 5) is 14.9. The lowest BCUT2D eigenvalue weighted by Crippen LogP contribution is -2.46. The number of hydrogen-bond acceptors (Lipinski definition) is 4. The molecule has 2 fully saturated rings. The minimum Gasteiger partial charge on any atom is -0.494 e. The Hall–Kier alpha value is -1.60. The van der Waals surface area contributed by atoms with E-state index in [9.17, 15) is 13.2 Å². The molecule has 30 heavy (non-hydrogen) atoms. The van der Waals surface area contributed by atoms with Crippen LogP contribution in [-0.2, 0) is 21.2 Å². The number of aryl methyl sites for hydroxylation is 1. The Kier molecular flexibility index (Phi) is 8.17. The Morgan fingerprint density at radius 1 is 1.00 bits per heavy atom. The van der Waals surface area contributed by atoms with Crippen LogP contribution in [-0.4, -0.2) is 62.1 Å². The number of hydrogen-bond donors (Lipinski definition) is 0. The van der Waals surface area contributed by atoms with Crippen LogP contribution in [0, 0.1) is 11.8 Å². The lowest BCUT2D eigenvalue weighted by molar-refractivity contribution is -0.138.